The van der Waals surface area contributed by atoms with Crippen LogP contribution in [0.2, 0.25) is 0 Å². The second-order valence-corrected chi connectivity index (χ2v) is 8.27. The lowest BCUT2D eigenvalue weighted by molar-refractivity contribution is 0.0836. The van der Waals surface area contributed by atoms with Crippen molar-refractivity contribution in [1.82, 2.24) is 29.7 Å². The summed E-state index contributed by atoms with van der Waals surface area (Å²) < 4.78 is 39.9. The molecule has 0 amide bonds. The molecule has 8 nitrogen and oxygen atoms in total. The highest BCUT2D eigenvalue weighted by atomic mass is 19.1. The molecule has 0 N–H and O–H groups in total. The summed E-state index contributed by atoms with van der Waals surface area (Å²) >= 11 is 0. The zero-order chi connectivity index (χ0) is 24.8. The predicted molar refractivity (Wildman–Crippen MR) is 127 cm³/mol. The summed E-state index contributed by atoms with van der Waals surface area (Å²) in [7, 11) is 1.68. The maximum absolute atomic E-state index is 14.4. The van der Waals surface area contributed by atoms with Gasteiger partial charge in [0.1, 0.15) is 28.7 Å². The Morgan fingerprint density at radius 3 is 2.51 bits per heavy atom. The number of hydrogen-bond acceptors (Lipinski definition) is 7. The maximum Gasteiger partial charge on any atom is 0.182 e. The molecule has 5 rings (SSSR count). The minimum absolute atomic E-state index is 0.124. The zero-order valence-corrected chi connectivity index (χ0v) is 20.0. The van der Waals surface area contributed by atoms with Gasteiger partial charge in [-0.15, -0.1) is 0 Å². The largest absolute Gasteiger partial charge is 0.383 e. The lowest BCUT2D eigenvalue weighted by Gasteiger charge is -2.21. The summed E-state index contributed by atoms with van der Waals surface area (Å²) in [5.74, 6) is -0.578. The fourth-order valence-corrected chi connectivity index (χ4v) is 3.75. The molecule has 10 heteroatoms. The number of nitrogens with zero attached hydrogens (tertiary/aromatic N) is 6. The van der Waals surface area contributed by atoms with Crippen LogP contribution < -0.4 is 0 Å². The molecule has 1 saturated heterocycles. The van der Waals surface area contributed by atoms with Crippen molar-refractivity contribution in [3.8, 4) is 11.3 Å². The Morgan fingerprint density at radius 2 is 1.83 bits per heavy atom. The summed E-state index contributed by atoms with van der Waals surface area (Å²) in [5, 5.41) is 3.99. The first-order chi connectivity index (χ1) is 17.0. The highest BCUT2D eigenvalue weighted by Crippen LogP contribution is 2.31. The van der Waals surface area contributed by atoms with Crippen LogP contribution in [0.15, 0.2) is 36.7 Å². The van der Waals surface area contributed by atoms with Crippen molar-refractivity contribution in [2.24, 2.45) is 0 Å². The highest BCUT2D eigenvalue weighted by Gasteiger charge is 2.23. The molecule has 0 aliphatic carbocycles. The molecule has 1 fully saturated rings. The Hall–Kier alpha value is -3.37. The number of aryl methyl sites for hydroxylation is 2. The van der Waals surface area contributed by atoms with E-state index in [0.29, 0.717) is 35.9 Å². The minimum Gasteiger partial charge on any atom is -0.383 e. The number of aromatic nitrogens is 6. The Bertz CT molecular complexity index is 1280. The van der Waals surface area contributed by atoms with Crippen LogP contribution in [-0.2, 0) is 16.0 Å². The summed E-state index contributed by atoms with van der Waals surface area (Å²) in [4.78, 5) is 18.3. The van der Waals surface area contributed by atoms with Crippen LogP contribution in [0.3, 0.4) is 0 Å². The Kier molecular flexibility index (Phi) is 8.04. The van der Waals surface area contributed by atoms with Gasteiger partial charge in [-0.1, -0.05) is 0 Å². The lowest BCUT2D eigenvalue weighted by Crippen LogP contribution is -2.17. The molecule has 3 aromatic heterocycles. The number of rotatable bonds is 5. The Balaban J connectivity index is 0.000000271. The summed E-state index contributed by atoms with van der Waals surface area (Å²) in [6.07, 6.45) is 5.28. The molecular weight excluding hydrogens is 454 g/mol. The normalized spacial score (nSPS) is 14.1. The Morgan fingerprint density at radius 1 is 1.06 bits per heavy atom. The van der Waals surface area contributed by atoms with Crippen LogP contribution in [-0.4, -0.2) is 56.6 Å². The molecule has 0 unspecified atom stereocenters. The van der Waals surface area contributed by atoms with Gasteiger partial charge in [0.05, 0.1) is 24.5 Å². The molecule has 0 atom stereocenters. The Labute approximate surface area is 202 Å². The number of benzene rings is 1. The van der Waals surface area contributed by atoms with E-state index in [9.17, 15) is 8.78 Å². The van der Waals surface area contributed by atoms with Crippen LogP contribution in [0, 0.1) is 25.5 Å². The zero-order valence-electron chi connectivity index (χ0n) is 20.0. The van der Waals surface area contributed by atoms with Gasteiger partial charge in [0, 0.05) is 50.3 Å². The second kappa shape index (κ2) is 11.4. The molecule has 184 valence electrons. The van der Waals surface area contributed by atoms with Crippen LogP contribution >= 0.6 is 0 Å². The van der Waals surface area contributed by atoms with Crippen LogP contribution in [0.25, 0.3) is 22.4 Å². The van der Waals surface area contributed by atoms with Gasteiger partial charge in [-0.05, 0) is 44.9 Å². The number of hydrogen-bond donors (Lipinski definition) is 0. The number of fused-ring (bicyclic) bond motifs is 1. The first-order valence-corrected chi connectivity index (χ1v) is 11.5. The molecule has 0 radical (unpaired) electrons. The quantitative estimate of drug-likeness (QED) is 0.416. The van der Waals surface area contributed by atoms with Crippen molar-refractivity contribution < 1.29 is 18.3 Å². The van der Waals surface area contributed by atoms with Gasteiger partial charge in [0.15, 0.2) is 5.65 Å². The number of ether oxygens (including phenoxy) is 2. The maximum atomic E-state index is 14.4. The molecule has 1 aliphatic heterocycles. The molecule has 4 heterocycles. The molecule has 35 heavy (non-hydrogen) atoms. The van der Waals surface area contributed by atoms with Gasteiger partial charge in [-0.2, -0.15) is 5.10 Å². The van der Waals surface area contributed by atoms with Crippen LogP contribution in [0.5, 0.6) is 0 Å². The van der Waals surface area contributed by atoms with Gasteiger partial charge < -0.3 is 9.47 Å². The van der Waals surface area contributed by atoms with Crippen molar-refractivity contribution in [2.45, 2.75) is 39.2 Å². The van der Waals surface area contributed by atoms with Crippen molar-refractivity contribution in [3.63, 3.8) is 0 Å². The third-order valence-electron chi connectivity index (χ3n) is 5.82. The summed E-state index contributed by atoms with van der Waals surface area (Å²) in [5.41, 5.74) is 2.90. The smallest absolute Gasteiger partial charge is 0.182 e. The van der Waals surface area contributed by atoms with E-state index in [1.165, 1.54) is 12.1 Å². The molecule has 4 aromatic rings. The third-order valence-corrected chi connectivity index (χ3v) is 5.82. The van der Waals surface area contributed by atoms with E-state index in [4.69, 9.17) is 9.47 Å². The van der Waals surface area contributed by atoms with Gasteiger partial charge >= 0.3 is 0 Å². The highest BCUT2D eigenvalue weighted by molar-refractivity contribution is 5.87. The summed E-state index contributed by atoms with van der Waals surface area (Å²) in [6, 6.07) is 5.35. The van der Waals surface area contributed by atoms with Crippen molar-refractivity contribution in [3.05, 3.63) is 65.5 Å². The van der Waals surface area contributed by atoms with E-state index in [2.05, 4.69) is 25.0 Å². The standard InChI is InChI=1S/C19H18F2N4O.C6H10N2O/c1-10-11(2)23-19-17(22-10)16(14-4-3-13(20)9-15(14)21)24-18(25-19)12-5-7-26-8-6-12;1-9-6-5-8-4-2-3-7-8/h3-4,9,12H,5-8H2,1-2H3;2-4H,5-6H2,1H3. The van der Waals surface area contributed by atoms with Gasteiger partial charge in [-0.3, -0.25) is 4.68 Å². The number of halogens is 2. The molecular formula is C25H28F2N6O2. The average molecular weight is 483 g/mol. The summed E-state index contributed by atoms with van der Waals surface area (Å²) in [6.45, 7) is 6.54. The third kappa shape index (κ3) is 6.01. The van der Waals surface area contributed by atoms with E-state index in [-0.39, 0.29) is 11.5 Å². The van der Waals surface area contributed by atoms with E-state index < -0.39 is 11.6 Å². The van der Waals surface area contributed by atoms with E-state index in [0.717, 1.165) is 43.4 Å². The fourth-order valence-electron chi connectivity index (χ4n) is 3.75. The number of methoxy groups -OCH3 is 1. The van der Waals surface area contributed by atoms with Crippen LogP contribution in [0.4, 0.5) is 8.78 Å². The molecule has 0 bridgehead atoms. The topological polar surface area (TPSA) is 87.8 Å². The first-order valence-electron chi connectivity index (χ1n) is 11.5. The van der Waals surface area contributed by atoms with Crippen molar-refractivity contribution in [1.29, 1.82) is 0 Å². The monoisotopic (exact) mass is 482 g/mol. The van der Waals surface area contributed by atoms with Crippen LogP contribution in [0.1, 0.15) is 36.0 Å². The molecule has 1 aromatic carbocycles. The SMILES string of the molecule is COCCn1cccn1.Cc1nc2nc(C3CCOCC3)nc(-c3ccc(F)cc3F)c2nc1C. The van der Waals surface area contributed by atoms with Crippen molar-refractivity contribution in [2.75, 3.05) is 26.9 Å². The van der Waals surface area contributed by atoms with Crippen molar-refractivity contribution >= 4 is 11.2 Å². The van der Waals surface area contributed by atoms with E-state index in [1.54, 1.807) is 13.3 Å². The van der Waals surface area contributed by atoms with E-state index >= 15 is 0 Å². The predicted octanol–water partition coefficient (Wildman–Crippen LogP) is 4.41. The second-order valence-electron chi connectivity index (χ2n) is 8.27. The minimum atomic E-state index is -0.678. The first kappa shape index (κ1) is 24.7. The van der Waals surface area contributed by atoms with Gasteiger partial charge in [-0.25, -0.2) is 28.7 Å². The molecule has 0 spiro atoms. The van der Waals surface area contributed by atoms with Gasteiger partial charge in [0.25, 0.3) is 0 Å². The van der Waals surface area contributed by atoms with E-state index in [1.807, 2.05) is 30.8 Å². The molecule has 0 saturated carbocycles. The average Bonchev–Trinajstić information content (AvgIpc) is 3.38. The molecule has 1 aliphatic rings. The van der Waals surface area contributed by atoms with Gasteiger partial charge in [0.2, 0.25) is 0 Å². The fraction of sp³-hybridized carbons (Fsp3) is 0.400. The lowest BCUT2D eigenvalue weighted by atomic mass is 9.99.